The maximum atomic E-state index is 12.9. The number of nitrogens with one attached hydrogen (secondary N) is 1. The van der Waals surface area contributed by atoms with E-state index in [9.17, 15) is 4.79 Å². The Morgan fingerprint density at radius 3 is 2.06 bits per heavy atom. The Kier molecular flexibility index (Phi) is 7.90. The van der Waals surface area contributed by atoms with Crippen molar-refractivity contribution in [1.29, 1.82) is 0 Å². The lowest BCUT2D eigenvalue weighted by molar-refractivity contribution is -0.121. The van der Waals surface area contributed by atoms with Crippen LogP contribution in [0.25, 0.3) is 5.69 Å². The third-order valence-electron chi connectivity index (χ3n) is 5.12. The third kappa shape index (κ3) is 5.88. The Hall–Kier alpha value is -3.42. The number of ether oxygens (including phenoxy) is 1. The summed E-state index contributed by atoms with van der Waals surface area (Å²) >= 11 is 1.51. The van der Waals surface area contributed by atoms with Crippen molar-refractivity contribution in [3.63, 3.8) is 0 Å². The lowest BCUT2D eigenvalue weighted by Gasteiger charge is -2.20. The molecule has 168 valence electrons. The quantitative estimate of drug-likeness (QED) is 0.346. The number of hydrogen-bond donors (Lipinski definition) is 1. The predicted molar refractivity (Wildman–Crippen MR) is 130 cm³/mol. The van der Waals surface area contributed by atoms with Crippen LogP contribution >= 0.6 is 11.8 Å². The number of carbonyl (C=O) groups is 1. The highest BCUT2D eigenvalue weighted by Gasteiger charge is 2.18. The van der Waals surface area contributed by atoms with Crippen LogP contribution in [0.5, 0.6) is 0 Å². The van der Waals surface area contributed by atoms with E-state index < -0.39 is 0 Å². The summed E-state index contributed by atoms with van der Waals surface area (Å²) in [6.45, 7) is 0.360. The normalized spacial score (nSPS) is 11.0. The number of rotatable bonds is 10. The fourth-order valence-corrected chi connectivity index (χ4v) is 4.48. The highest BCUT2D eigenvalue weighted by molar-refractivity contribution is 7.99. The second kappa shape index (κ2) is 11.4. The fraction of sp³-hybridized carbons (Fsp3) is 0.192. The van der Waals surface area contributed by atoms with Gasteiger partial charge >= 0.3 is 0 Å². The minimum absolute atomic E-state index is 0.0110. The highest BCUT2D eigenvalue weighted by atomic mass is 32.2. The summed E-state index contributed by atoms with van der Waals surface area (Å²) in [7, 11) is 1.64. The molecule has 0 spiro atoms. The lowest BCUT2D eigenvalue weighted by atomic mass is 9.98. The molecule has 4 rings (SSSR count). The summed E-state index contributed by atoms with van der Waals surface area (Å²) in [5.41, 5.74) is 3.07. The molecule has 33 heavy (non-hydrogen) atoms. The van der Waals surface area contributed by atoms with Crippen molar-refractivity contribution in [3.05, 3.63) is 108 Å². The van der Waals surface area contributed by atoms with E-state index >= 15 is 0 Å². The average molecular weight is 459 g/mol. The first-order chi connectivity index (χ1) is 16.3. The summed E-state index contributed by atoms with van der Waals surface area (Å²) in [5, 5.41) is 12.5. The number of thioether (sulfide) groups is 1. The van der Waals surface area contributed by atoms with Gasteiger partial charge in [0.15, 0.2) is 11.0 Å². The van der Waals surface area contributed by atoms with Crippen LogP contribution in [0, 0.1) is 0 Å². The summed E-state index contributed by atoms with van der Waals surface area (Å²) in [4.78, 5) is 12.9. The minimum atomic E-state index is -0.189. The zero-order chi connectivity index (χ0) is 22.9. The van der Waals surface area contributed by atoms with Gasteiger partial charge in [0.05, 0.1) is 6.04 Å². The molecule has 0 bridgehead atoms. The Morgan fingerprint density at radius 2 is 1.48 bits per heavy atom. The monoisotopic (exact) mass is 458 g/mol. The number of benzene rings is 3. The molecule has 0 atom stereocenters. The van der Waals surface area contributed by atoms with Crippen LogP contribution in [-0.2, 0) is 16.1 Å². The first-order valence-corrected chi connectivity index (χ1v) is 11.8. The van der Waals surface area contributed by atoms with Gasteiger partial charge in [0, 0.05) is 25.0 Å². The van der Waals surface area contributed by atoms with Gasteiger partial charge in [-0.3, -0.25) is 9.36 Å². The van der Waals surface area contributed by atoms with E-state index in [1.54, 1.807) is 7.11 Å². The largest absolute Gasteiger partial charge is 0.377 e. The first kappa shape index (κ1) is 22.8. The van der Waals surface area contributed by atoms with Crippen molar-refractivity contribution in [3.8, 4) is 5.69 Å². The smallest absolute Gasteiger partial charge is 0.221 e. The number of hydrogen-bond acceptors (Lipinski definition) is 5. The molecule has 7 heteroatoms. The van der Waals surface area contributed by atoms with E-state index in [2.05, 4.69) is 15.5 Å². The number of carbonyl (C=O) groups excluding carboxylic acids is 1. The van der Waals surface area contributed by atoms with Crippen molar-refractivity contribution in [2.45, 2.75) is 24.2 Å². The second-order valence-corrected chi connectivity index (χ2v) is 8.49. The third-order valence-corrected chi connectivity index (χ3v) is 6.05. The zero-order valence-electron chi connectivity index (χ0n) is 18.4. The molecule has 6 nitrogen and oxygen atoms in total. The van der Waals surface area contributed by atoms with Crippen molar-refractivity contribution in [2.24, 2.45) is 0 Å². The Labute approximate surface area is 198 Å². The number of para-hydroxylation sites is 1. The summed E-state index contributed by atoms with van der Waals surface area (Å²) in [6, 6.07) is 29.8. The molecule has 0 fully saturated rings. The van der Waals surface area contributed by atoms with Crippen molar-refractivity contribution >= 4 is 17.7 Å². The van der Waals surface area contributed by atoms with E-state index in [1.807, 2.05) is 95.6 Å². The molecule has 0 aliphatic heterocycles. The zero-order valence-corrected chi connectivity index (χ0v) is 19.2. The average Bonchev–Trinajstić information content (AvgIpc) is 3.26. The van der Waals surface area contributed by atoms with Crippen molar-refractivity contribution < 1.29 is 9.53 Å². The summed E-state index contributed by atoms with van der Waals surface area (Å²) < 4.78 is 7.25. The molecule has 1 heterocycles. The van der Waals surface area contributed by atoms with Crippen LogP contribution in [-0.4, -0.2) is 33.5 Å². The van der Waals surface area contributed by atoms with Crippen LogP contribution in [0.2, 0.25) is 0 Å². The van der Waals surface area contributed by atoms with Crippen LogP contribution in [0.3, 0.4) is 0 Å². The molecule has 0 aliphatic rings. The van der Waals surface area contributed by atoms with Gasteiger partial charge in [0.2, 0.25) is 5.91 Å². The molecule has 3 aromatic carbocycles. The van der Waals surface area contributed by atoms with Crippen LogP contribution in [0.4, 0.5) is 0 Å². The van der Waals surface area contributed by atoms with E-state index in [0.29, 0.717) is 18.8 Å². The topological polar surface area (TPSA) is 69.0 Å². The molecule has 0 saturated heterocycles. The maximum Gasteiger partial charge on any atom is 0.221 e. The Balaban J connectivity index is 1.43. The van der Waals surface area contributed by atoms with Gasteiger partial charge < -0.3 is 10.1 Å². The van der Waals surface area contributed by atoms with Gasteiger partial charge in [0.1, 0.15) is 6.61 Å². The number of methoxy groups -OCH3 is 1. The number of amides is 1. The van der Waals surface area contributed by atoms with Gasteiger partial charge in [-0.2, -0.15) is 0 Å². The molecule has 1 N–H and O–H groups in total. The highest BCUT2D eigenvalue weighted by Crippen LogP contribution is 2.24. The molecular weight excluding hydrogens is 432 g/mol. The van der Waals surface area contributed by atoms with E-state index in [1.165, 1.54) is 11.8 Å². The van der Waals surface area contributed by atoms with Gasteiger partial charge in [-0.05, 0) is 23.3 Å². The van der Waals surface area contributed by atoms with E-state index in [-0.39, 0.29) is 11.9 Å². The maximum absolute atomic E-state index is 12.9. The number of aromatic nitrogens is 3. The lowest BCUT2D eigenvalue weighted by Crippen LogP contribution is -2.29. The summed E-state index contributed by atoms with van der Waals surface area (Å²) in [6.07, 6.45) is 0.363. The van der Waals surface area contributed by atoms with Gasteiger partial charge in [-0.25, -0.2) is 0 Å². The van der Waals surface area contributed by atoms with Gasteiger partial charge in [-0.1, -0.05) is 90.6 Å². The van der Waals surface area contributed by atoms with Gasteiger partial charge in [0.25, 0.3) is 0 Å². The minimum Gasteiger partial charge on any atom is -0.377 e. The van der Waals surface area contributed by atoms with Crippen LogP contribution in [0.15, 0.2) is 96.2 Å². The molecule has 0 aliphatic carbocycles. The van der Waals surface area contributed by atoms with Crippen molar-refractivity contribution in [1.82, 2.24) is 20.1 Å². The van der Waals surface area contributed by atoms with Crippen LogP contribution < -0.4 is 5.32 Å². The predicted octanol–water partition coefficient (Wildman–Crippen LogP) is 4.80. The van der Waals surface area contributed by atoms with Crippen molar-refractivity contribution in [2.75, 3.05) is 12.9 Å². The SMILES string of the molecule is COCc1nnc(SCCC(=O)NC(c2ccccc2)c2ccccc2)n1-c1ccccc1. The molecular formula is C26H26N4O2S. The first-order valence-electron chi connectivity index (χ1n) is 10.8. The molecule has 4 aromatic rings. The molecule has 0 unspecified atom stereocenters. The summed E-state index contributed by atoms with van der Waals surface area (Å²) in [5.74, 6) is 1.30. The number of nitrogens with zero attached hydrogens (tertiary/aromatic N) is 3. The van der Waals surface area contributed by atoms with Crippen LogP contribution in [0.1, 0.15) is 29.4 Å². The molecule has 0 radical (unpaired) electrons. The Morgan fingerprint density at radius 1 is 0.909 bits per heavy atom. The second-order valence-electron chi connectivity index (χ2n) is 7.42. The molecule has 0 saturated carbocycles. The van der Waals surface area contributed by atoms with E-state index in [4.69, 9.17) is 4.74 Å². The fourth-order valence-electron chi connectivity index (χ4n) is 3.57. The van der Waals surface area contributed by atoms with Gasteiger partial charge in [-0.15, -0.1) is 10.2 Å². The van der Waals surface area contributed by atoms with E-state index in [0.717, 1.165) is 27.8 Å². The standard InChI is InChI=1S/C26H26N4O2S/c1-32-19-23-28-29-26(30(23)22-15-9-4-10-16-22)33-18-17-24(31)27-25(20-11-5-2-6-12-20)21-13-7-3-8-14-21/h2-16,25H,17-19H2,1H3,(H,27,31). The molecule has 1 amide bonds. The molecule has 1 aromatic heterocycles. The Bertz CT molecular complexity index is 1110.